The molecule has 0 fully saturated rings. The van der Waals surface area contributed by atoms with Gasteiger partial charge in [0.25, 0.3) is 0 Å². The SMILES string of the molecule is CCC(CC)C(NC)C1CCc2ccccc2C1. The predicted octanol–water partition coefficient (Wildman–Crippen LogP) is 3.82. The first-order valence-electron chi connectivity index (χ1n) is 7.54. The number of hydrogen-bond acceptors (Lipinski definition) is 1. The molecule has 0 radical (unpaired) electrons. The zero-order chi connectivity index (χ0) is 13.0. The van der Waals surface area contributed by atoms with E-state index in [9.17, 15) is 0 Å². The van der Waals surface area contributed by atoms with Crippen molar-refractivity contribution in [2.24, 2.45) is 11.8 Å². The van der Waals surface area contributed by atoms with Gasteiger partial charge in [-0.15, -0.1) is 0 Å². The summed E-state index contributed by atoms with van der Waals surface area (Å²) in [5, 5.41) is 3.60. The second-order valence-corrected chi connectivity index (χ2v) is 5.66. The molecule has 1 nitrogen and oxygen atoms in total. The van der Waals surface area contributed by atoms with E-state index in [1.807, 2.05) is 0 Å². The lowest BCUT2D eigenvalue weighted by atomic mass is 9.75. The predicted molar refractivity (Wildman–Crippen MR) is 78.9 cm³/mol. The topological polar surface area (TPSA) is 12.0 Å². The van der Waals surface area contributed by atoms with Crippen LogP contribution in [0.3, 0.4) is 0 Å². The Morgan fingerprint density at radius 3 is 2.44 bits per heavy atom. The molecule has 0 aliphatic heterocycles. The summed E-state index contributed by atoms with van der Waals surface area (Å²) in [6.07, 6.45) is 6.46. The van der Waals surface area contributed by atoms with E-state index >= 15 is 0 Å². The smallest absolute Gasteiger partial charge is 0.0124 e. The van der Waals surface area contributed by atoms with E-state index in [0.29, 0.717) is 6.04 Å². The van der Waals surface area contributed by atoms with Crippen molar-refractivity contribution in [3.8, 4) is 0 Å². The fraction of sp³-hybridized carbons (Fsp3) is 0.647. The van der Waals surface area contributed by atoms with Crippen LogP contribution in [0.4, 0.5) is 0 Å². The summed E-state index contributed by atoms with van der Waals surface area (Å²) >= 11 is 0. The maximum absolute atomic E-state index is 3.60. The highest BCUT2D eigenvalue weighted by Crippen LogP contribution is 2.31. The fourth-order valence-corrected chi connectivity index (χ4v) is 3.69. The molecular formula is C17H27N. The van der Waals surface area contributed by atoms with Crippen molar-refractivity contribution in [2.45, 2.75) is 52.0 Å². The Bertz CT molecular complexity index is 368. The molecule has 1 aromatic carbocycles. The molecule has 2 atom stereocenters. The van der Waals surface area contributed by atoms with Crippen molar-refractivity contribution >= 4 is 0 Å². The molecule has 1 N–H and O–H groups in total. The summed E-state index contributed by atoms with van der Waals surface area (Å²) in [4.78, 5) is 0. The van der Waals surface area contributed by atoms with Crippen molar-refractivity contribution in [1.82, 2.24) is 5.32 Å². The largest absolute Gasteiger partial charge is 0.316 e. The molecule has 0 bridgehead atoms. The van der Waals surface area contributed by atoms with Gasteiger partial charge in [0.1, 0.15) is 0 Å². The number of nitrogens with one attached hydrogen (secondary N) is 1. The zero-order valence-corrected chi connectivity index (χ0v) is 12.1. The molecule has 0 amide bonds. The van der Waals surface area contributed by atoms with Crippen LogP contribution in [0.25, 0.3) is 0 Å². The Morgan fingerprint density at radius 2 is 1.83 bits per heavy atom. The Morgan fingerprint density at radius 1 is 1.17 bits per heavy atom. The van der Waals surface area contributed by atoms with Crippen LogP contribution in [0, 0.1) is 11.8 Å². The summed E-state index contributed by atoms with van der Waals surface area (Å²) in [6.45, 7) is 4.66. The summed E-state index contributed by atoms with van der Waals surface area (Å²) in [6, 6.07) is 9.67. The molecule has 2 unspecified atom stereocenters. The normalized spacial score (nSPS) is 20.8. The van der Waals surface area contributed by atoms with Crippen LogP contribution in [0.5, 0.6) is 0 Å². The van der Waals surface area contributed by atoms with Crippen molar-refractivity contribution in [2.75, 3.05) is 7.05 Å². The van der Waals surface area contributed by atoms with Crippen LogP contribution in [0.15, 0.2) is 24.3 Å². The second-order valence-electron chi connectivity index (χ2n) is 5.66. The van der Waals surface area contributed by atoms with Crippen molar-refractivity contribution < 1.29 is 0 Å². The third kappa shape index (κ3) is 2.77. The van der Waals surface area contributed by atoms with E-state index in [0.717, 1.165) is 11.8 Å². The molecular weight excluding hydrogens is 218 g/mol. The first-order chi connectivity index (χ1) is 8.80. The molecule has 0 saturated carbocycles. The molecule has 100 valence electrons. The highest BCUT2D eigenvalue weighted by molar-refractivity contribution is 5.30. The molecule has 18 heavy (non-hydrogen) atoms. The van der Waals surface area contributed by atoms with Gasteiger partial charge in [-0.3, -0.25) is 0 Å². The van der Waals surface area contributed by atoms with E-state index in [2.05, 4.69) is 50.5 Å². The maximum Gasteiger partial charge on any atom is 0.0124 e. The molecule has 2 rings (SSSR count). The van der Waals surface area contributed by atoms with Gasteiger partial charge < -0.3 is 5.32 Å². The minimum Gasteiger partial charge on any atom is -0.316 e. The lowest BCUT2D eigenvalue weighted by molar-refractivity contribution is 0.237. The van der Waals surface area contributed by atoms with Crippen LogP contribution in [0.1, 0.15) is 44.2 Å². The van der Waals surface area contributed by atoms with Crippen molar-refractivity contribution in [3.05, 3.63) is 35.4 Å². The first-order valence-corrected chi connectivity index (χ1v) is 7.54. The van der Waals surface area contributed by atoms with E-state index in [1.54, 1.807) is 11.1 Å². The molecule has 0 aromatic heterocycles. The summed E-state index contributed by atoms with van der Waals surface area (Å²) in [7, 11) is 2.14. The Hall–Kier alpha value is -0.820. The van der Waals surface area contributed by atoms with Gasteiger partial charge in [-0.1, -0.05) is 51.0 Å². The van der Waals surface area contributed by atoms with Gasteiger partial charge >= 0.3 is 0 Å². The Balaban J connectivity index is 2.11. The lowest BCUT2D eigenvalue weighted by Gasteiger charge is -2.36. The van der Waals surface area contributed by atoms with Gasteiger partial charge in [-0.2, -0.15) is 0 Å². The first kappa shape index (κ1) is 13.6. The Labute approximate surface area is 112 Å². The van der Waals surface area contributed by atoms with Gasteiger partial charge in [0, 0.05) is 6.04 Å². The van der Waals surface area contributed by atoms with Crippen LogP contribution in [-0.2, 0) is 12.8 Å². The van der Waals surface area contributed by atoms with Gasteiger partial charge in [0.15, 0.2) is 0 Å². The summed E-state index contributed by atoms with van der Waals surface area (Å²) < 4.78 is 0. The molecule has 0 saturated heterocycles. The zero-order valence-electron chi connectivity index (χ0n) is 12.1. The quantitative estimate of drug-likeness (QED) is 0.831. The monoisotopic (exact) mass is 245 g/mol. The van der Waals surface area contributed by atoms with Gasteiger partial charge in [-0.25, -0.2) is 0 Å². The molecule has 1 aliphatic rings. The second kappa shape index (κ2) is 6.38. The van der Waals surface area contributed by atoms with E-state index in [-0.39, 0.29) is 0 Å². The minimum atomic E-state index is 0.688. The maximum atomic E-state index is 3.60. The number of rotatable bonds is 5. The minimum absolute atomic E-state index is 0.688. The number of benzene rings is 1. The third-order valence-corrected chi connectivity index (χ3v) is 4.78. The molecule has 1 heteroatoms. The van der Waals surface area contributed by atoms with Crippen LogP contribution in [0.2, 0.25) is 0 Å². The fourth-order valence-electron chi connectivity index (χ4n) is 3.69. The average Bonchev–Trinajstić information content (AvgIpc) is 2.44. The van der Waals surface area contributed by atoms with Crippen LogP contribution in [-0.4, -0.2) is 13.1 Å². The molecule has 1 aromatic rings. The number of aryl methyl sites for hydroxylation is 1. The molecule has 1 aliphatic carbocycles. The number of fused-ring (bicyclic) bond motifs is 1. The van der Waals surface area contributed by atoms with Gasteiger partial charge in [0.2, 0.25) is 0 Å². The van der Waals surface area contributed by atoms with E-state index in [1.165, 1.54) is 32.1 Å². The third-order valence-electron chi connectivity index (χ3n) is 4.78. The summed E-state index contributed by atoms with van der Waals surface area (Å²) in [5.74, 6) is 1.64. The standard InChI is InChI=1S/C17H27N/c1-4-13(5-2)17(18-3)16-11-10-14-8-6-7-9-15(14)12-16/h6-9,13,16-18H,4-5,10-12H2,1-3H3. The lowest BCUT2D eigenvalue weighted by Crippen LogP contribution is -2.42. The molecule has 0 spiro atoms. The molecule has 0 heterocycles. The highest BCUT2D eigenvalue weighted by atomic mass is 14.9. The van der Waals surface area contributed by atoms with E-state index in [4.69, 9.17) is 0 Å². The van der Waals surface area contributed by atoms with Crippen molar-refractivity contribution in [3.63, 3.8) is 0 Å². The van der Waals surface area contributed by atoms with Gasteiger partial charge in [-0.05, 0) is 49.3 Å². The number of hydrogen-bond donors (Lipinski definition) is 1. The highest BCUT2D eigenvalue weighted by Gasteiger charge is 2.29. The average molecular weight is 245 g/mol. The Kier molecular flexibility index (Phi) is 4.82. The summed E-state index contributed by atoms with van der Waals surface area (Å²) in [5.41, 5.74) is 3.16. The van der Waals surface area contributed by atoms with E-state index < -0.39 is 0 Å². The van der Waals surface area contributed by atoms with Gasteiger partial charge in [0.05, 0.1) is 0 Å². The van der Waals surface area contributed by atoms with Crippen molar-refractivity contribution in [1.29, 1.82) is 0 Å². The van der Waals surface area contributed by atoms with Crippen LogP contribution >= 0.6 is 0 Å². The van der Waals surface area contributed by atoms with Crippen LogP contribution < -0.4 is 5.32 Å².